The lowest BCUT2D eigenvalue weighted by Gasteiger charge is -2.34. The molecule has 0 atom stereocenters. The second kappa shape index (κ2) is 7.95. The van der Waals surface area contributed by atoms with E-state index in [1.165, 1.54) is 11.8 Å². The smallest absolute Gasteiger partial charge is 0.243 e. The molecule has 1 aliphatic heterocycles. The van der Waals surface area contributed by atoms with Crippen LogP contribution in [0.4, 0.5) is 5.82 Å². The van der Waals surface area contributed by atoms with Gasteiger partial charge in [-0.1, -0.05) is 30.3 Å². The van der Waals surface area contributed by atoms with E-state index in [9.17, 15) is 8.42 Å². The number of pyridine rings is 1. The maximum atomic E-state index is 12.9. The van der Waals surface area contributed by atoms with Gasteiger partial charge in [-0.3, -0.25) is 4.90 Å². The molecule has 1 aromatic carbocycles. The van der Waals surface area contributed by atoms with Gasteiger partial charge in [0.25, 0.3) is 0 Å². The number of benzene rings is 1. The first-order valence-electron chi connectivity index (χ1n) is 8.56. The van der Waals surface area contributed by atoms with Crippen molar-refractivity contribution in [2.75, 3.05) is 38.0 Å². The summed E-state index contributed by atoms with van der Waals surface area (Å²) < 4.78 is 27.3. The van der Waals surface area contributed by atoms with Gasteiger partial charge < -0.3 is 5.32 Å². The van der Waals surface area contributed by atoms with Crippen LogP contribution in [0.15, 0.2) is 53.6 Å². The van der Waals surface area contributed by atoms with Crippen molar-refractivity contribution in [1.29, 1.82) is 0 Å². The molecule has 0 spiro atoms. The number of hydrogen-bond acceptors (Lipinski definition) is 5. The van der Waals surface area contributed by atoms with Gasteiger partial charge >= 0.3 is 0 Å². The topological polar surface area (TPSA) is 65.5 Å². The number of nitrogens with one attached hydrogen (secondary N) is 1. The predicted molar refractivity (Wildman–Crippen MR) is 98.9 cm³/mol. The summed E-state index contributed by atoms with van der Waals surface area (Å²) in [6.45, 7) is 6.00. The van der Waals surface area contributed by atoms with Crippen LogP contribution in [0, 0.1) is 0 Å². The van der Waals surface area contributed by atoms with Gasteiger partial charge in [0, 0.05) is 51.5 Å². The molecule has 1 aliphatic rings. The first-order chi connectivity index (χ1) is 12.1. The van der Waals surface area contributed by atoms with E-state index in [0.717, 1.165) is 19.6 Å². The normalized spacial score (nSPS) is 16.7. The van der Waals surface area contributed by atoms with E-state index >= 15 is 0 Å². The molecule has 1 N–H and O–H groups in total. The molecule has 0 saturated carbocycles. The third-order valence-electron chi connectivity index (χ3n) is 4.31. The lowest BCUT2D eigenvalue weighted by molar-refractivity contribution is 0.181. The highest BCUT2D eigenvalue weighted by Gasteiger charge is 2.28. The molecule has 25 heavy (non-hydrogen) atoms. The Morgan fingerprint density at radius 1 is 1.08 bits per heavy atom. The molecular formula is C18H24N4O2S. The summed E-state index contributed by atoms with van der Waals surface area (Å²) in [5.74, 6) is 0.589. The van der Waals surface area contributed by atoms with E-state index < -0.39 is 10.0 Å². The molecule has 1 saturated heterocycles. The maximum absolute atomic E-state index is 12.9. The number of piperazine rings is 1. The van der Waals surface area contributed by atoms with Crippen LogP contribution in [0.25, 0.3) is 0 Å². The van der Waals surface area contributed by atoms with Gasteiger partial charge in [-0.15, -0.1) is 0 Å². The highest BCUT2D eigenvalue weighted by Crippen LogP contribution is 2.20. The van der Waals surface area contributed by atoms with Crippen LogP contribution in [0.2, 0.25) is 0 Å². The summed E-state index contributed by atoms with van der Waals surface area (Å²) in [6.07, 6.45) is 1.54. The van der Waals surface area contributed by atoms with Crippen molar-refractivity contribution < 1.29 is 8.42 Å². The molecule has 0 unspecified atom stereocenters. The monoisotopic (exact) mass is 360 g/mol. The fraction of sp³-hybridized carbons (Fsp3) is 0.389. The maximum Gasteiger partial charge on any atom is 0.243 e. The summed E-state index contributed by atoms with van der Waals surface area (Å²) in [5.41, 5.74) is 1.25. The molecule has 2 aromatic rings. The minimum absolute atomic E-state index is 0.301. The first kappa shape index (κ1) is 17.8. The van der Waals surface area contributed by atoms with Gasteiger partial charge in [0.05, 0.1) is 4.90 Å². The average molecular weight is 360 g/mol. The van der Waals surface area contributed by atoms with E-state index in [1.54, 1.807) is 16.4 Å². The number of sulfonamides is 1. The van der Waals surface area contributed by atoms with Crippen LogP contribution in [-0.4, -0.2) is 55.3 Å². The Balaban J connectivity index is 1.64. The van der Waals surface area contributed by atoms with Crippen molar-refractivity contribution in [2.24, 2.45) is 0 Å². The molecule has 1 fully saturated rings. The number of hydrogen-bond donors (Lipinski definition) is 1. The Morgan fingerprint density at radius 2 is 1.80 bits per heavy atom. The minimum Gasteiger partial charge on any atom is -0.370 e. The number of rotatable bonds is 6. The summed E-state index contributed by atoms with van der Waals surface area (Å²) in [6, 6.07) is 13.4. The van der Waals surface area contributed by atoms with Crippen LogP contribution in [0.1, 0.15) is 12.5 Å². The third kappa shape index (κ3) is 4.36. The molecule has 3 rings (SSSR count). The second-order valence-electron chi connectivity index (χ2n) is 6.07. The Labute approximate surface area is 149 Å². The van der Waals surface area contributed by atoms with Crippen LogP contribution < -0.4 is 5.32 Å². The lowest BCUT2D eigenvalue weighted by atomic mass is 10.2. The van der Waals surface area contributed by atoms with E-state index in [1.807, 2.05) is 25.1 Å². The van der Waals surface area contributed by atoms with Crippen molar-refractivity contribution in [2.45, 2.75) is 18.4 Å². The first-order valence-corrected chi connectivity index (χ1v) is 10.00. The highest BCUT2D eigenvalue weighted by molar-refractivity contribution is 7.89. The Bertz CT molecular complexity index is 788. The molecule has 134 valence electrons. The van der Waals surface area contributed by atoms with E-state index in [2.05, 4.69) is 27.3 Å². The Kier molecular flexibility index (Phi) is 5.67. The highest BCUT2D eigenvalue weighted by atomic mass is 32.2. The lowest BCUT2D eigenvalue weighted by Crippen LogP contribution is -2.48. The van der Waals surface area contributed by atoms with Gasteiger partial charge in [0.15, 0.2) is 0 Å². The van der Waals surface area contributed by atoms with Crippen LogP contribution in [0.3, 0.4) is 0 Å². The molecule has 2 heterocycles. The number of nitrogens with zero attached hydrogens (tertiary/aromatic N) is 3. The van der Waals surface area contributed by atoms with E-state index in [0.29, 0.717) is 30.3 Å². The van der Waals surface area contributed by atoms with Gasteiger partial charge in [-0.2, -0.15) is 4.31 Å². The van der Waals surface area contributed by atoms with Crippen molar-refractivity contribution >= 4 is 15.8 Å². The van der Waals surface area contributed by atoms with Gasteiger partial charge in [0.2, 0.25) is 10.0 Å². The molecular weight excluding hydrogens is 336 g/mol. The molecule has 7 heteroatoms. The predicted octanol–water partition coefficient (Wildman–Crippen LogP) is 2.02. The SMILES string of the molecule is CCNc1cc(S(=O)(=O)N2CCN(Cc3ccccc3)CC2)ccn1. The standard InChI is InChI=1S/C18H24N4O2S/c1-2-19-18-14-17(8-9-20-18)25(23,24)22-12-10-21(11-13-22)15-16-6-4-3-5-7-16/h3-9,14H,2,10-13,15H2,1H3,(H,19,20). The summed E-state index contributed by atoms with van der Waals surface area (Å²) >= 11 is 0. The summed E-state index contributed by atoms with van der Waals surface area (Å²) in [5, 5.41) is 3.05. The zero-order chi connectivity index (χ0) is 17.7. The zero-order valence-corrected chi connectivity index (χ0v) is 15.2. The molecule has 0 radical (unpaired) electrons. The second-order valence-corrected chi connectivity index (χ2v) is 8.01. The molecule has 0 bridgehead atoms. The number of anilines is 1. The molecule has 1 aromatic heterocycles. The fourth-order valence-corrected chi connectivity index (χ4v) is 4.40. The van der Waals surface area contributed by atoms with E-state index in [-0.39, 0.29) is 0 Å². The van der Waals surface area contributed by atoms with Crippen LogP contribution in [-0.2, 0) is 16.6 Å². The van der Waals surface area contributed by atoms with Gasteiger partial charge in [-0.05, 0) is 18.6 Å². The fourth-order valence-electron chi connectivity index (χ4n) is 2.97. The average Bonchev–Trinajstić information content (AvgIpc) is 2.64. The molecule has 0 aliphatic carbocycles. The van der Waals surface area contributed by atoms with Crippen LogP contribution >= 0.6 is 0 Å². The Hall–Kier alpha value is -1.96. The van der Waals surface area contributed by atoms with E-state index in [4.69, 9.17) is 0 Å². The van der Waals surface area contributed by atoms with Crippen LogP contribution in [0.5, 0.6) is 0 Å². The molecule has 6 nitrogen and oxygen atoms in total. The van der Waals surface area contributed by atoms with Crippen molar-refractivity contribution in [1.82, 2.24) is 14.2 Å². The quantitative estimate of drug-likeness (QED) is 0.854. The molecule has 0 amide bonds. The minimum atomic E-state index is -3.47. The van der Waals surface area contributed by atoms with Crippen molar-refractivity contribution in [3.05, 3.63) is 54.2 Å². The van der Waals surface area contributed by atoms with Crippen molar-refractivity contribution in [3.8, 4) is 0 Å². The summed E-state index contributed by atoms with van der Waals surface area (Å²) in [4.78, 5) is 6.73. The Morgan fingerprint density at radius 3 is 2.48 bits per heavy atom. The number of aromatic nitrogens is 1. The van der Waals surface area contributed by atoms with Gasteiger partial charge in [0.1, 0.15) is 5.82 Å². The van der Waals surface area contributed by atoms with Crippen molar-refractivity contribution in [3.63, 3.8) is 0 Å². The summed E-state index contributed by atoms with van der Waals surface area (Å²) in [7, 11) is -3.47. The third-order valence-corrected chi connectivity index (χ3v) is 6.20. The largest absolute Gasteiger partial charge is 0.370 e. The van der Waals surface area contributed by atoms with Gasteiger partial charge in [-0.25, -0.2) is 13.4 Å². The zero-order valence-electron chi connectivity index (χ0n) is 14.4.